The van der Waals surface area contributed by atoms with Crippen LogP contribution in [0.2, 0.25) is 10.0 Å². The minimum Gasteiger partial charge on any atom is -0.476 e. The molecule has 0 saturated carbocycles. The van der Waals surface area contributed by atoms with Crippen molar-refractivity contribution in [2.24, 2.45) is 10.3 Å². The van der Waals surface area contributed by atoms with Crippen molar-refractivity contribution in [2.75, 3.05) is 32.9 Å². The molecular formula is C20H22Cl2FN3O6S. The molecule has 2 heterocycles. The second-order valence-electron chi connectivity index (χ2n) is 7.00. The number of halogens is 3. The van der Waals surface area contributed by atoms with Crippen molar-refractivity contribution >= 4 is 39.6 Å². The summed E-state index contributed by atoms with van der Waals surface area (Å²) in [5.74, 6) is -1.80. The minimum atomic E-state index is -3.01. The SMILES string of the molecule is C1COCCN1.CC(C)COc1ncc(Oc2cc(F)c(C(=O)N=S(=O)=O)cc2Cl)cc1Cl. The number of morpholine rings is 1. The molecule has 0 aliphatic carbocycles. The monoisotopic (exact) mass is 521 g/mol. The van der Waals surface area contributed by atoms with Crippen LogP contribution in [0, 0.1) is 11.7 Å². The summed E-state index contributed by atoms with van der Waals surface area (Å²) in [6.07, 6.45) is 1.31. The second-order valence-corrected chi connectivity index (χ2v) is 8.43. The zero-order valence-electron chi connectivity index (χ0n) is 17.8. The number of hydrogen-bond acceptors (Lipinski definition) is 8. The summed E-state index contributed by atoms with van der Waals surface area (Å²) in [6.45, 7) is 8.20. The van der Waals surface area contributed by atoms with Crippen LogP contribution in [0.1, 0.15) is 24.2 Å². The third-order valence-corrected chi connectivity index (χ3v) is 4.70. The van der Waals surface area contributed by atoms with Gasteiger partial charge in [0.15, 0.2) is 0 Å². The smallest absolute Gasteiger partial charge is 0.319 e. The van der Waals surface area contributed by atoms with Gasteiger partial charge >= 0.3 is 10.5 Å². The molecule has 0 bridgehead atoms. The summed E-state index contributed by atoms with van der Waals surface area (Å²) in [4.78, 5) is 15.6. The highest BCUT2D eigenvalue weighted by Crippen LogP contribution is 2.34. The third-order valence-electron chi connectivity index (χ3n) is 3.82. The Bertz CT molecular complexity index is 1090. The van der Waals surface area contributed by atoms with Gasteiger partial charge in [0.25, 0.3) is 5.91 Å². The number of rotatable bonds is 6. The molecule has 180 valence electrons. The minimum absolute atomic E-state index is 0.123. The zero-order chi connectivity index (χ0) is 24.4. The number of benzene rings is 1. The Balaban J connectivity index is 0.000000554. The van der Waals surface area contributed by atoms with Crippen LogP contribution >= 0.6 is 23.2 Å². The standard InChI is InChI=1S/C16H13Cl2FN2O5S.C4H9NO/c1-8(2)7-25-16-12(18)3-9(6-20-16)26-14-5-13(19)10(4-11(14)17)15(22)21-27(23)24;1-3-6-4-2-5-1/h3-6,8H,7H2,1-2H3;5H,1-4H2. The molecular weight excluding hydrogens is 500 g/mol. The molecule has 1 aromatic carbocycles. The fourth-order valence-electron chi connectivity index (χ4n) is 2.35. The van der Waals surface area contributed by atoms with E-state index in [1.165, 1.54) is 12.3 Å². The molecule has 1 saturated heterocycles. The first-order chi connectivity index (χ1) is 15.7. The summed E-state index contributed by atoms with van der Waals surface area (Å²) >= 11 is 12.0. The highest BCUT2D eigenvalue weighted by Gasteiger charge is 2.17. The molecule has 0 atom stereocenters. The van der Waals surface area contributed by atoms with Crippen LogP contribution in [0.15, 0.2) is 28.8 Å². The molecule has 0 radical (unpaired) electrons. The highest BCUT2D eigenvalue weighted by molar-refractivity contribution is 7.62. The van der Waals surface area contributed by atoms with E-state index in [4.69, 9.17) is 37.4 Å². The number of carbonyl (C=O) groups excluding carboxylic acids is 1. The van der Waals surface area contributed by atoms with Crippen molar-refractivity contribution in [3.63, 3.8) is 0 Å². The maximum Gasteiger partial charge on any atom is 0.319 e. The summed E-state index contributed by atoms with van der Waals surface area (Å²) in [5, 5.41) is 3.21. The lowest BCUT2D eigenvalue weighted by Crippen LogP contribution is -2.30. The number of hydrogen-bond donors (Lipinski definition) is 1. The number of nitrogens with one attached hydrogen (secondary N) is 1. The maximum absolute atomic E-state index is 14.1. The quantitative estimate of drug-likeness (QED) is 0.601. The lowest BCUT2D eigenvalue weighted by Gasteiger charge is -2.12. The van der Waals surface area contributed by atoms with E-state index in [-0.39, 0.29) is 33.3 Å². The molecule has 1 aliphatic rings. The van der Waals surface area contributed by atoms with E-state index in [1.54, 1.807) is 0 Å². The van der Waals surface area contributed by atoms with Gasteiger partial charge in [-0.05, 0) is 12.0 Å². The van der Waals surface area contributed by atoms with Gasteiger partial charge in [-0.25, -0.2) is 9.37 Å². The van der Waals surface area contributed by atoms with Gasteiger partial charge in [-0.1, -0.05) is 41.4 Å². The number of carbonyl (C=O) groups is 1. The molecule has 1 N–H and O–H groups in total. The van der Waals surface area contributed by atoms with Crippen LogP contribution in [0.25, 0.3) is 0 Å². The van der Waals surface area contributed by atoms with E-state index in [0.717, 1.165) is 38.4 Å². The van der Waals surface area contributed by atoms with E-state index >= 15 is 0 Å². The van der Waals surface area contributed by atoms with Crippen LogP contribution < -0.4 is 14.8 Å². The third kappa shape index (κ3) is 9.22. The first kappa shape index (κ1) is 26.9. The highest BCUT2D eigenvalue weighted by atomic mass is 35.5. The average molecular weight is 522 g/mol. The number of nitrogens with zero attached hydrogens (tertiary/aromatic N) is 2. The number of ether oxygens (including phenoxy) is 3. The summed E-state index contributed by atoms with van der Waals surface area (Å²) < 4.78 is 53.5. The van der Waals surface area contributed by atoms with E-state index < -0.39 is 27.8 Å². The average Bonchev–Trinajstić information content (AvgIpc) is 2.76. The Labute approximate surface area is 201 Å². The van der Waals surface area contributed by atoms with Gasteiger partial charge in [0, 0.05) is 25.2 Å². The first-order valence-electron chi connectivity index (χ1n) is 9.76. The Morgan fingerprint density at radius 2 is 1.94 bits per heavy atom. The lowest BCUT2D eigenvalue weighted by atomic mass is 10.2. The van der Waals surface area contributed by atoms with E-state index in [9.17, 15) is 17.6 Å². The van der Waals surface area contributed by atoms with Gasteiger partial charge in [0.2, 0.25) is 5.88 Å². The molecule has 2 aromatic rings. The summed E-state index contributed by atoms with van der Waals surface area (Å²) in [6, 6.07) is 3.16. The molecule has 33 heavy (non-hydrogen) atoms. The fourth-order valence-corrected chi connectivity index (χ4v) is 2.99. The van der Waals surface area contributed by atoms with Crippen LogP contribution in [0.5, 0.6) is 17.4 Å². The van der Waals surface area contributed by atoms with Crippen molar-refractivity contribution in [1.29, 1.82) is 0 Å². The van der Waals surface area contributed by atoms with Gasteiger partial charge in [-0.2, -0.15) is 8.42 Å². The van der Waals surface area contributed by atoms with Crippen LogP contribution in [-0.2, 0) is 15.2 Å². The van der Waals surface area contributed by atoms with Crippen molar-refractivity contribution in [1.82, 2.24) is 10.3 Å². The first-order valence-corrected chi connectivity index (χ1v) is 11.5. The predicted octanol–water partition coefficient (Wildman–Crippen LogP) is 4.16. The van der Waals surface area contributed by atoms with E-state index in [1.807, 2.05) is 13.8 Å². The molecule has 1 aromatic heterocycles. The van der Waals surface area contributed by atoms with Crippen LogP contribution in [0.3, 0.4) is 0 Å². The largest absolute Gasteiger partial charge is 0.476 e. The van der Waals surface area contributed by atoms with Crippen molar-refractivity contribution in [2.45, 2.75) is 13.8 Å². The van der Waals surface area contributed by atoms with Gasteiger partial charge in [0.1, 0.15) is 22.3 Å². The summed E-state index contributed by atoms with van der Waals surface area (Å²) in [5.41, 5.74) is -0.606. The Kier molecular flexibility index (Phi) is 10.9. The number of aromatic nitrogens is 1. The van der Waals surface area contributed by atoms with Crippen LogP contribution in [0.4, 0.5) is 4.39 Å². The Morgan fingerprint density at radius 1 is 1.24 bits per heavy atom. The topological polar surface area (TPSA) is 116 Å². The van der Waals surface area contributed by atoms with Gasteiger partial charge < -0.3 is 19.5 Å². The lowest BCUT2D eigenvalue weighted by molar-refractivity contribution is 0.100. The van der Waals surface area contributed by atoms with Gasteiger partial charge in [-0.3, -0.25) is 4.79 Å². The van der Waals surface area contributed by atoms with Crippen LogP contribution in [-0.4, -0.2) is 52.2 Å². The molecule has 1 amide bonds. The van der Waals surface area contributed by atoms with Gasteiger partial charge in [-0.15, -0.1) is 0 Å². The number of amides is 1. The molecule has 1 fully saturated rings. The maximum atomic E-state index is 14.1. The fraction of sp³-hybridized carbons (Fsp3) is 0.400. The summed E-state index contributed by atoms with van der Waals surface area (Å²) in [7, 11) is -3.01. The van der Waals surface area contributed by atoms with E-state index in [2.05, 4.69) is 14.7 Å². The van der Waals surface area contributed by atoms with E-state index in [0.29, 0.717) is 6.61 Å². The van der Waals surface area contributed by atoms with Gasteiger partial charge in [0.05, 0.1) is 36.6 Å². The molecule has 13 heteroatoms. The normalized spacial score (nSPS) is 13.0. The molecule has 0 spiro atoms. The predicted molar refractivity (Wildman–Crippen MR) is 120 cm³/mol. The second kappa shape index (κ2) is 13.4. The number of pyridine rings is 1. The molecule has 9 nitrogen and oxygen atoms in total. The van der Waals surface area contributed by atoms with Crippen molar-refractivity contribution in [3.05, 3.63) is 45.8 Å². The Hall–Kier alpha value is -2.31. The molecule has 3 rings (SSSR count). The van der Waals surface area contributed by atoms with Crippen molar-refractivity contribution in [3.8, 4) is 17.4 Å². The zero-order valence-corrected chi connectivity index (χ0v) is 20.1. The molecule has 0 unspecified atom stereocenters. The van der Waals surface area contributed by atoms with Crippen molar-refractivity contribution < 1.29 is 31.8 Å². The molecule has 1 aliphatic heterocycles. The Morgan fingerprint density at radius 3 is 2.45 bits per heavy atom.